The molecule has 0 saturated carbocycles. The molecule has 0 fully saturated rings. The molecule has 0 aliphatic carbocycles. The summed E-state index contributed by atoms with van der Waals surface area (Å²) in [6.45, 7) is 1.80. The van der Waals surface area contributed by atoms with E-state index in [1.54, 1.807) is 24.9 Å². The molecule has 0 aliphatic heterocycles. The maximum absolute atomic E-state index is 14.0. The fourth-order valence-electron chi connectivity index (χ4n) is 3.98. The number of halogens is 3. The first-order valence-corrected chi connectivity index (χ1v) is 12.3. The van der Waals surface area contributed by atoms with Crippen molar-refractivity contribution in [2.75, 3.05) is 12.4 Å². The molecule has 1 N–H and O–H groups in total. The largest absolute Gasteiger partial charge is 0.494 e. The SMILES string of the molecule is COc1cnc(C(F)F)cc1-c1cc(-n2cccc(F)c2=O)ncc1C(=O)Nc1nc(-c2c(C)ncn2C)ns1. The average Bonchev–Trinajstić information content (AvgIpc) is 3.54. The van der Waals surface area contributed by atoms with E-state index in [4.69, 9.17) is 4.74 Å². The normalized spacial score (nSPS) is 11.2. The molecule has 11 nitrogen and oxygen atoms in total. The van der Waals surface area contributed by atoms with E-state index < -0.39 is 29.4 Å². The molecule has 0 bridgehead atoms. The van der Waals surface area contributed by atoms with Gasteiger partial charge in [-0.05, 0) is 31.2 Å². The number of pyridine rings is 3. The number of alkyl halides is 2. The summed E-state index contributed by atoms with van der Waals surface area (Å²) in [4.78, 5) is 42.3. The van der Waals surface area contributed by atoms with Crippen LogP contribution in [0.1, 0.15) is 28.2 Å². The fraction of sp³-hybridized carbons (Fsp3) is 0.160. The smallest absolute Gasteiger partial charge is 0.292 e. The molecule has 0 radical (unpaired) electrons. The highest BCUT2D eigenvalue weighted by atomic mass is 32.1. The lowest BCUT2D eigenvalue weighted by Crippen LogP contribution is -2.22. The summed E-state index contributed by atoms with van der Waals surface area (Å²) >= 11 is 0.932. The topological polar surface area (TPSA) is 130 Å². The van der Waals surface area contributed by atoms with Crippen molar-refractivity contribution in [1.29, 1.82) is 0 Å². The Morgan fingerprint density at radius 2 is 1.95 bits per heavy atom. The van der Waals surface area contributed by atoms with Gasteiger partial charge in [-0.2, -0.15) is 9.36 Å². The van der Waals surface area contributed by atoms with Crippen LogP contribution in [0, 0.1) is 12.7 Å². The zero-order chi connectivity index (χ0) is 28.6. The molecule has 0 aromatic carbocycles. The van der Waals surface area contributed by atoms with Gasteiger partial charge in [0.15, 0.2) is 11.6 Å². The minimum atomic E-state index is -2.91. The molecule has 0 atom stereocenters. The van der Waals surface area contributed by atoms with Gasteiger partial charge in [0, 0.05) is 42.1 Å². The summed E-state index contributed by atoms with van der Waals surface area (Å²) < 4.78 is 53.4. The lowest BCUT2D eigenvalue weighted by molar-refractivity contribution is 0.102. The number of ether oxygens (including phenoxy) is 1. The lowest BCUT2D eigenvalue weighted by atomic mass is 10.00. The first-order chi connectivity index (χ1) is 19.2. The summed E-state index contributed by atoms with van der Waals surface area (Å²) in [5.41, 5.74) is -0.0888. The number of nitrogens with zero attached hydrogens (tertiary/aromatic N) is 7. The Kier molecular flexibility index (Phi) is 7.13. The zero-order valence-corrected chi connectivity index (χ0v) is 21.9. The predicted octanol–water partition coefficient (Wildman–Crippen LogP) is 4.19. The number of carbonyl (C=O) groups excluding carboxylic acids is 1. The number of hydrogen-bond acceptors (Lipinski definition) is 9. The van der Waals surface area contributed by atoms with Crippen LogP contribution in [0.4, 0.5) is 18.3 Å². The van der Waals surface area contributed by atoms with E-state index in [1.807, 2.05) is 0 Å². The Bertz CT molecular complexity index is 1780. The number of methoxy groups -OCH3 is 1. The minimum absolute atomic E-state index is 0.0570. The molecular formula is C25H19F3N8O3S. The predicted molar refractivity (Wildman–Crippen MR) is 139 cm³/mol. The van der Waals surface area contributed by atoms with Crippen molar-refractivity contribution < 1.29 is 22.7 Å². The number of rotatable bonds is 7. The monoisotopic (exact) mass is 568 g/mol. The molecule has 5 rings (SSSR count). The number of imidazole rings is 1. The molecule has 5 aromatic rings. The van der Waals surface area contributed by atoms with Crippen LogP contribution in [0.15, 0.2) is 54.0 Å². The van der Waals surface area contributed by atoms with Crippen molar-refractivity contribution >= 4 is 22.6 Å². The second-order valence-electron chi connectivity index (χ2n) is 8.40. The van der Waals surface area contributed by atoms with E-state index in [-0.39, 0.29) is 33.4 Å². The highest BCUT2D eigenvalue weighted by Gasteiger charge is 2.23. The van der Waals surface area contributed by atoms with E-state index in [2.05, 4.69) is 29.6 Å². The third-order valence-corrected chi connectivity index (χ3v) is 6.51. The van der Waals surface area contributed by atoms with Crippen molar-refractivity contribution in [2.45, 2.75) is 13.3 Å². The standard InChI is InChI=1S/C25H19F3N8O3S/c1-12-20(35(2)11-31-12)22-32-25(40-34-22)33-23(37)15-9-30-19(36-6-4-5-16(26)24(36)38)8-13(15)14-7-17(21(27)28)29-10-18(14)39-3/h4-11,21H,1-3H3,(H,32,33,34,37). The van der Waals surface area contributed by atoms with Crippen molar-refractivity contribution in [3.63, 3.8) is 0 Å². The minimum Gasteiger partial charge on any atom is -0.494 e. The Labute approximate surface area is 228 Å². The second-order valence-corrected chi connectivity index (χ2v) is 9.15. The fourth-order valence-corrected chi connectivity index (χ4v) is 4.55. The van der Waals surface area contributed by atoms with Crippen LogP contribution in [0.2, 0.25) is 0 Å². The Balaban J connectivity index is 1.61. The first kappa shape index (κ1) is 26.7. The molecule has 0 spiro atoms. The van der Waals surface area contributed by atoms with Crippen molar-refractivity contribution in [2.24, 2.45) is 7.05 Å². The first-order valence-electron chi connectivity index (χ1n) is 11.5. The summed E-state index contributed by atoms with van der Waals surface area (Å²) in [6, 6.07) is 4.67. The van der Waals surface area contributed by atoms with Crippen molar-refractivity contribution in [3.05, 3.63) is 82.3 Å². The van der Waals surface area contributed by atoms with Crippen LogP contribution in [0.25, 0.3) is 28.5 Å². The molecule has 204 valence electrons. The molecule has 5 aromatic heterocycles. The van der Waals surface area contributed by atoms with Gasteiger partial charge in [-0.1, -0.05) is 0 Å². The summed E-state index contributed by atoms with van der Waals surface area (Å²) in [5.74, 6) is -1.34. The van der Waals surface area contributed by atoms with Crippen LogP contribution in [0.5, 0.6) is 5.75 Å². The van der Waals surface area contributed by atoms with Gasteiger partial charge >= 0.3 is 0 Å². The van der Waals surface area contributed by atoms with Gasteiger partial charge in [0.1, 0.15) is 23.0 Å². The van der Waals surface area contributed by atoms with Gasteiger partial charge < -0.3 is 9.30 Å². The molecule has 15 heteroatoms. The van der Waals surface area contributed by atoms with E-state index in [9.17, 15) is 22.8 Å². The molecular weight excluding hydrogens is 549 g/mol. The van der Waals surface area contributed by atoms with Gasteiger partial charge in [-0.3, -0.25) is 24.5 Å². The average molecular weight is 569 g/mol. The summed E-state index contributed by atoms with van der Waals surface area (Å²) in [7, 11) is 3.10. The second kappa shape index (κ2) is 10.7. The number of aryl methyl sites for hydroxylation is 2. The number of aromatic nitrogens is 7. The molecule has 0 unspecified atom stereocenters. The van der Waals surface area contributed by atoms with Crippen LogP contribution in [0.3, 0.4) is 0 Å². The van der Waals surface area contributed by atoms with Gasteiger partial charge in [-0.25, -0.2) is 23.1 Å². The van der Waals surface area contributed by atoms with Crippen LogP contribution in [-0.4, -0.2) is 46.5 Å². The van der Waals surface area contributed by atoms with Crippen LogP contribution < -0.4 is 15.6 Å². The quantitative estimate of drug-likeness (QED) is 0.309. The molecule has 40 heavy (non-hydrogen) atoms. The maximum atomic E-state index is 14.0. The van der Waals surface area contributed by atoms with E-state index in [0.29, 0.717) is 17.2 Å². The Morgan fingerprint density at radius 1 is 1.15 bits per heavy atom. The van der Waals surface area contributed by atoms with Crippen molar-refractivity contribution in [3.8, 4) is 34.2 Å². The van der Waals surface area contributed by atoms with Crippen LogP contribution in [-0.2, 0) is 7.05 Å². The number of amides is 1. The Morgan fingerprint density at radius 3 is 2.65 bits per heavy atom. The highest BCUT2D eigenvalue weighted by molar-refractivity contribution is 7.10. The molecule has 0 saturated heterocycles. The van der Waals surface area contributed by atoms with Gasteiger partial charge in [0.2, 0.25) is 5.13 Å². The third kappa shape index (κ3) is 4.93. The summed E-state index contributed by atoms with van der Waals surface area (Å²) in [5, 5.41) is 2.81. The molecule has 0 aliphatic rings. The Hall–Kier alpha value is -4.92. The van der Waals surface area contributed by atoms with Gasteiger partial charge in [0.05, 0.1) is 30.9 Å². The number of anilines is 1. The number of nitrogens with one attached hydrogen (secondary N) is 1. The molecule has 5 heterocycles. The van der Waals surface area contributed by atoms with Crippen LogP contribution >= 0.6 is 11.5 Å². The lowest BCUT2D eigenvalue weighted by Gasteiger charge is -2.15. The highest BCUT2D eigenvalue weighted by Crippen LogP contribution is 2.35. The number of carbonyl (C=O) groups is 1. The molecule has 1 amide bonds. The van der Waals surface area contributed by atoms with Gasteiger partial charge in [0.25, 0.3) is 17.9 Å². The number of hydrogen-bond donors (Lipinski definition) is 1. The van der Waals surface area contributed by atoms with Gasteiger partial charge in [-0.15, -0.1) is 0 Å². The van der Waals surface area contributed by atoms with E-state index in [0.717, 1.165) is 40.6 Å². The van der Waals surface area contributed by atoms with E-state index in [1.165, 1.54) is 25.4 Å². The third-order valence-electron chi connectivity index (χ3n) is 5.88. The zero-order valence-electron chi connectivity index (χ0n) is 21.1. The van der Waals surface area contributed by atoms with E-state index >= 15 is 0 Å². The van der Waals surface area contributed by atoms with Crippen molar-refractivity contribution in [1.82, 2.24) is 33.4 Å². The maximum Gasteiger partial charge on any atom is 0.292 e. The summed E-state index contributed by atoms with van der Waals surface area (Å²) in [6.07, 6.45) is 2.23.